The molecule has 2 unspecified atom stereocenters. The second kappa shape index (κ2) is 10.9. The first kappa shape index (κ1) is 26.3. The van der Waals surface area contributed by atoms with Crippen molar-refractivity contribution in [3.8, 4) is 5.19 Å². The van der Waals surface area contributed by atoms with Crippen LogP contribution in [0.4, 0.5) is 26.3 Å². The first-order valence-electron chi connectivity index (χ1n) is 10.8. The average molecular weight is 510 g/mol. The van der Waals surface area contributed by atoms with E-state index in [1.54, 1.807) is 11.6 Å². The van der Waals surface area contributed by atoms with Crippen molar-refractivity contribution in [2.75, 3.05) is 19.6 Å². The Morgan fingerprint density at radius 2 is 1.82 bits per heavy atom. The molecule has 0 saturated carbocycles. The smallest absolute Gasteiger partial charge is 0.462 e. The number of likely N-dealkylation sites (tertiary alicyclic amines) is 1. The number of nitrogens with zero attached hydrogens (tertiary/aromatic N) is 2. The molecule has 2 atom stereocenters. The topological polar surface area (TPSA) is 54.5 Å². The van der Waals surface area contributed by atoms with E-state index in [1.807, 2.05) is 12.2 Å². The highest BCUT2D eigenvalue weighted by molar-refractivity contribution is 7.11. The maximum atomic E-state index is 13.0. The monoisotopic (exact) mass is 509 g/mol. The molecule has 1 aliphatic rings. The quantitative estimate of drug-likeness (QED) is 0.481. The normalized spacial score (nSPS) is 17.9. The largest absolute Gasteiger partial charge is 0.471 e. The van der Waals surface area contributed by atoms with Crippen molar-refractivity contribution in [1.82, 2.24) is 15.2 Å². The Bertz CT molecular complexity index is 910. The van der Waals surface area contributed by atoms with Gasteiger partial charge in [-0.1, -0.05) is 23.5 Å². The first-order valence-corrected chi connectivity index (χ1v) is 11.7. The predicted octanol–water partition coefficient (Wildman–Crippen LogP) is 5.45. The molecule has 1 aromatic carbocycles. The van der Waals surface area contributed by atoms with Crippen molar-refractivity contribution in [3.05, 3.63) is 47.0 Å². The molecule has 1 saturated heterocycles. The number of halogens is 6. The average Bonchev–Trinajstić information content (AvgIpc) is 3.30. The number of nitrogens with one attached hydrogen (secondary N) is 1. The fourth-order valence-electron chi connectivity index (χ4n) is 4.02. The van der Waals surface area contributed by atoms with Crippen molar-refractivity contribution < 1.29 is 35.9 Å². The van der Waals surface area contributed by atoms with Crippen molar-refractivity contribution in [2.45, 2.75) is 50.7 Å². The molecule has 34 heavy (non-hydrogen) atoms. The van der Waals surface area contributed by atoms with E-state index in [4.69, 9.17) is 4.74 Å². The van der Waals surface area contributed by atoms with E-state index < -0.39 is 29.9 Å². The Morgan fingerprint density at radius 3 is 2.35 bits per heavy atom. The Balaban J connectivity index is 1.60. The molecular weight excluding hydrogens is 484 g/mol. The maximum Gasteiger partial charge on any atom is 0.471 e. The minimum Gasteiger partial charge on any atom is -0.462 e. The summed E-state index contributed by atoms with van der Waals surface area (Å²) in [7, 11) is 0. The molecule has 0 radical (unpaired) electrons. The van der Waals surface area contributed by atoms with Crippen molar-refractivity contribution >= 4 is 17.2 Å². The number of piperidine rings is 1. The van der Waals surface area contributed by atoms with Crippen LogP contribution >= 0.6 is 11.3 Å². The first-order chi connectivity index (χ1) is 15.9. The molecule has 1 fully saturated rings. The molecule has 2 heterocycles. The molecule has 0 aliphatic carbocycles. The molecule has 1 aliphatic heterocycles. The third kappa shape index (κ3) is 7.08. The molecule has 1 aromatic heterocycles. The van der Waals surface area contributed by atoms with Gasteiger partial charge >= 0.3 is 18.3 Å². The van der Waals surface area contributed by atoms with Crippen molar-refractivity contribution in [1.29, 1.82) is 0 Å². The van der Waals surface area contributed by atoms with Gasteiger partial charge in [-0.05, 0) is 57.0 Å². The number of thiazole rings is 1. The van der Waals surface area contributed by atoms with Crippen molar-refractivity contribution in [3.63, 3.8) is 0 Å². The van der Waals surface area contributed by atoms with E-state index in [9.17, 15) is 31.1 Å². The number of hydrogen-bond acceptors (Lipinski definition) is 5. The SMILES string of the molecule is CC(CCNC(=O)C(F)(F)F)N1CCC(C(Oc2nccs2)c2ccc(C(F)(F)F)cc2)CC1. The van der Waals surface area contributed by atoms with E-state index in [2.05, 4.69) is 9.88 Å². The van der Waals surface area contributed by atoms with Gasteiger partial charge in [-0.15, -0.1) is 0 Å². The summed E-state index contributed by atoms with van der Waals surface area (Å²) in [6.45, 7) is 3.11. The van der Waals surface area contributed by atoms with Gasteiger partial charge in [0.2, 0.25) is 0 Å². The van der Waals surface area contributed by atoms with E-state index in [0.717, 1.165) is 12.1 Å². The molecule has 1 amide bonds. The Hall–Kier alpha value is -2.34. The fraction of sp³-hybridized carbons (Fsp3) is 0.545. The van der Waals surface area contributed by atoms with Gasteiger partial charge in [0.25, 0.3) is 5.19 Å². The number of hydrogen-bond donors (Lipinski definition) is 1. The van der Waals surface area contributed by atoms with Gasteiger partial charge in [0.05, 0.1) is 5.56 Å². The van der Waals surface area contributed by atoms with E-state index in [1.165, 1.54) is 23.5 Å². The third-order valence-corrected chi connectivity index (χ3v) is 6.60. The molecule has 3 rings (SSSR count). The maximum absolute atomic E-state index is 13.0. The standard InChI is InChI=1S/C22H25F6N3O2S/c1-14(6-9-29-19(32)22(26,27)28)31-11-7-16(8-12-31)18(33-20-30-10-13-34-20)15-2-4-17(5-3-15)21(23,24)25/h2-5,10,13-14,16,18H,6-9,11-12H2,1H3,(H,29,32). The van der Waals surface area contributed by atoms with Gasteiger partial charge in [-0.3, -0.25) is 4.79 Å². The van der Waals surface area contributed by atoms with E-state index in [0.29, 0.717) is 43.1 Å². The van der Waals surface area contributed by atoms with Gasteiger partial charge < -0.3 is 15.0 Å². The highest BCUT2D eigenvalue weighted by Crippen LogP contribution is 2.37. The summed E-state index contributed by atoms with van der Waals surface area (Å²) >= 11 is 1.30. The van der Waals surface area contributed by atoms with E-state index >= 15 is 0 Å². The summed E-state index contributed by atoms with van der Waals surface area (Å²) < 4.78 is 81.9. The lowest BCUT2D eigenvalue weighted by Crippen LogP contribution is -2.44. The lowest BCUT2D eigenvalue weighted by atomic mass is 9.86. The number of carbonyl (C=O) groups excluding carboxylic acids is 1. The van der Waals surface area contributed by atoms with Crippen LogP contribution in [-0.4, -0.2) is 47.6 Å². The van der Waals surface area contributed by atoms with Gasteiger partial charge in [0.15, 0.2) is 0 Å². The van der Waals surface area contributed by atoms with Crippen LogP contribution in [0.1, 0.15) is 43.4 Å². The van der Waals surface area contributed by atoms with Gasteiger partial charge in [0, 0.05) is 30.1 Å². The Kier molecular flexibility index (Phi) is 8.45. The zero-order valence-corrected chi connectivity index (χ0v) is 19.1. The Labute approximate surface area is 197 Å². The van der Waals surface area contributed by atoms with Crippen LogP contribution in [-0.2, 0) is 11.0 Å². The van der Waals surface area contributed by atoms with Crippen LogP contribution in [0.15, 0.2) is 35.8 Å². The van der Waals surface area contributed by atoms with Gasteiger partial charge in [-0.2, -0.15) is 26.3 Å². The number of benzene rings is 1. The van der Waals surface area contributed by atoms with Crippen LogP contribution in [0.3, 0.4) is 0 Å². The molecule has 1 N–H and O–H groups in total. The molecule has 2 aromatic rings. The summed E-state index contributed by atoms with van der Waals surface area (Å²) in [5.41, 5.74) is -0.102. The molecule has 0 bridgehead atoms. The number of alkyl halides is 6. The number of ether oxygens (including phenoxy) is 1. The van der Waals surface area contributed by atoms with Crippen LogP contribution in [0, 0.1) is 5.92 Å². The molecule has 0 spiro atoms. The molecule has 12 heteroatoms. The zero-order valence-electron chi connectivity index (χ0n) is 18.3. The highest BCUT2D eigenvalue weighted by Gasteiger charge is 2.38. The number of amides is 1. The lowest BCUT2D eigenvalue weighted by molar-refractivity contribution is -0.173. The lowest BCUT2D eigenvalue weighted by Gasteiger charge is -2.38. The minimum atomic E-state index is -4.90. The van der Waals surface area contributed by atoms with Crippen LogP contribution in [0.25, 0.3) is 0 Å². The second-order valence-electron chi connectivity index (χ2n) is 8.22. The fourth-order valence-corrected chi connectivity index (χ4v) is 4.53. The summed E-state index contributed by atoms with van der Waals surface area (Å²) in [4.78, 5) is 17.2. The van der Waals surface area contributed by atoms with Gasteiger partial charge in [-0.25, -0.2) is 4.98 Å². The minimum absolute atomic E-state index is 0.0222. The number of aromatic nitrogens is 1. The second-order valence-corrected chi connectivity index (χ2v) is 9.08. The Morgan fingerprint density at radius 1 is 1.18 bits per heavy atom. The molecular formula is C22H25F6N3O2S. The van der Waals surface area contributed by atoms with Crippen LogP contribution < -0.4 is 10.1 Å². The van der Waals surface area contributed by atoms with E-state index in [-0.39, 0.29) is 18.5 Å². The zero-order chi connectivity index (χ0) is 24.9. The van der Waals surface area contributed by atoms with Crippen LogP contribution in [0.5, 0.6) is 5.19 Å². The predicted molar refractivity (Wildman–Crippen MR) is 114 cm³/mol. The highest BCUT2D eigenvalue weighted by atomic mass is 32.1. The van der Waals surface area contributed by atoms with Gasteiger partial charge in [0.1, 0.15) is 6.10 Å². The number of rotatable bonds is 8. The summed E-state index contributed by atoms with van der Waals surface area (Å²) in [5.74, 6) is -1.92. The van der Waals surface area contributed by atoms with Crippen molar-refractivity contribution in [2.24, 2.45) is 5.92 Å². The third-order valence-electron chi connectivity index (χ3n) is 5.93. The molecule has 188 valence electrons. The van der Waals surface area contributed by atoms with Crippen LogP contribution in [0.2, 0.25) is 0 Å². The summed E-state index contributed by atoms with van der Waals surface area (Å²) in [5, 5.41) is 4.07. The number of carbonyl (C=O) groups is 1. The molecule has 5 nitrogen and oxygen atoms in total. The summed E-state index contributed by atoms with van der Waals surface area (Å²) in [6.07, 6.45) is -6.46. The summed E-state index contributed by atoms with van der Waals surface area (Å²) in [6, 6.07) is 4.90.